The number of esters is 1. The lowest BCUT2D eigenvalue weighted by molar-refractivity contribution is -0.138. The minimum Gasteiger partial charge on any atom is -0.457 e. The maximum atomic E-state index is 13.1. The smallest absolute Gasteiger partial charge is 0.416 e. The summed E-state index contributed by atoms with van der Waals surface area (Å²) in [7, 11) is -3.85. The van der Waals surface area contributed by atoms with Crippen LogP contribution in [-0.2, 0) is 32.3 Å². The fourth-order valence-corrected chi connectivity index (χ4v) is 4.74. The summed E-state index contributed by atoms with van der Waals surface area (Å²) in [4.78, 5) is 12.4. The molecule has 30 heavy (non-hydrogen) atoms. The summed E-state index contributed by atoms with van der Waals surface area (Å²) in [6, 6.07) is 8.83. The number of carbonyl (C=O) groups excluding carboxylic acids is 1. The Hall–Kier alpha value is -2.43. The molecule has 0 atom stereocenters. The maximum absolute atomic E-state index is 13.1. The van der Waals surface area contributed by atoms with Crippen molar-refractivity contribution in [3.8, 4) is 0 Å². The van der Waals surface area contributed by atoms with E-state index in [4.69, 9.17) is 9.47 Å². The van der Waals surface area contributed by atoms with Crippen LogP contribution in [0.2, 0.25) is 0 Å². The summed E-state index contributed by atoms with van der Waals surface area (Å²) in [6.07, 6.45) is -4.58. The third-order valence-electron chi connectivity index (χ3n) is 4.69. The van der Waals surface area contributed by atoms with Crippen molar-refractivity contribution in [2.45, 2.75) is 24.6 Å². The van der Waals surface area contributed by atoms with Crippen LogP contribution < -0.4 is 0 Å². The molecule has 0 aliphatic carbocycles. The third-order valence-corrected chi connectivity index (χ3v) is 6.73. The lowest BCUT2D eigenvalue weighted by Crippen LogP contribution is -2.40. The van der Waals surface area contributed by atoms with Crippen molar-refractivity contribution in [3.63, 3.8) is 0 Å². The van der Waals surface area contributed by atoms with Crippen LogP contribution in [0.3, 0.4) is 0 Å². The molecule has 0 amide bonds. The SMILES string of the molecule is Cc1ccc(C(=O)OCc2ccccc2C(F)(F)F)cc1S(=O)(=O)N1CCOCC1. The van der Waals surface area contributed by atoms with E-state index in [1.165, 1.54) is 40.7 Å². The summed E-state index contributed by atoms with van der Waals surface area (Å²) in [5.74, 6) is -0.912. The molecular weight excluding hydrogens is 423 g/mol. The van der Waals surface area contributed by atoms with Gasteiger partial charge in [0.05, 0.1) is 29.2 Å². The van der Waals surface area contributed by atoms with Crippen molar-refractivity contribution in [3.05, 3.63) is 64.7 Å². The van der Waals surface area contributed by atoms with Gasteiger partial charge in [-0.25, -0.2) is 13.2 Å². The Morgan fingerprint density at radius 1 is 1.13 bits per heavy atom. The molecule has 3 rings (SSSR count). The first-order valence-corrected chi connectivity index (χ1v) is 10.6. The number of benzene rings is 2. The van der Waals surface area contributed by atoms with Gasteiger partial charge in [-0.2, -0.15) is 17.5 Å². The van der Waals surface area contributed by atoms with Crippen molar-refractivity contribution in [2.75, 3.05) is 26.3 Å². The van der Waals surface area contributed by atoms with E-state index in [0.717, 1.165) is 6.07 Å². The zero-order valence-electron chi connectivity index (χ0n) is 16.1. The fraction of sp³-hybridized carbons (Fsp3) is 0.350. The second kappa shape index (κ2) is 8.75. The highest BCUT2D eigenvalue weighted by Gasteiger charge is 2.33. The molecule has 0 spiro atoms. The lowest BCUT2D eigenvalue weighted by Gasteiger charge is -2.26. The molecule has 6 nitrogen and oxygen atoms in total. The van der Waals surface area contributed by atoms with E-state index < -0.39 is 34.3 Å². The number of alkyl halides is 3. The average Bonchev–Trinajstić information content (AvgIpc) is 2.72. The number of hydrogen-bond donors (Lipinski definition) is 0. The van der Waals surface area contributed by atoms with Gasteiger partial charge in [0.2, 0.25) is 10.0 Å². The number of morpholine rings is 1. The van der Waals surface area contributed by atoms with Gasteiger partial charge in [0, 0.05) is 18.7 Å². The maximum Gasteiger partial charge on any atom is 0.416 e. The molecule has 0 radical (unpaired) electrons. The minimum absolute atomic E-state index is 0.0467. The number of halogens is 3. The molecule has 0 bridgehead atoms. The van der Waals surface area contributed by atoms with E-state index in [1.54, 1.807) is 6.92 Å². The zero-order chi connectivity index (χ0) is 21.9. The Kier molecular flexibility index (Phi) is 6.49. The average molecular weight is 443 g/mol. The molecule has 1 aliphatic rings. The molecule has 0 N–H and O–H groups in total. The van der Waals surface area contributed by atoms with Crippen LogP contribution >= 0.6 is 0 Å². The van der Waals surface area contributed by atoms with Crippen molar-refractivity contribution >= 4 is 16.0 Å². The number of ether oxygens (including phenoxy) is 2. The van der Waals surface area contributed by atoms with Crippen molar-refractivity contribution in [2.24, 2.45) is 0 Å². The van der Waals surface area contributed by atoms with Gasteiger partial charge >= 0.3 is 12.1 Å². The van der Waals surface area contributed by atoms with Gasteiger partial charge in [-0.3, -0.25) is 0 Å². The Labute approximate surface area is 172 Å². The molecule has 1 aliphatic heterocycles. The lowest BCUT2D eigenvalue weighted by atomic mass is 10.1. The predicted octanol–water partition coefficient (Wildman–Crippen LogP) is 3.39. The summed E-state index contributed by atoms with van der Waals surface area (Å²) < 4.78 is 76.5. The third kappa shape index (κ3) is 4.82. The molecular formula is C20H20F3NO5S. The number of hydrogen-bond acceptors (Lipinski definition) is 5. The zero-order valence-corrected chi connectivity index (χ0v) is 16.9. The molecule has 1 saturated heterocycles. The normalized spacial score (nSPS) is 15.7. The van der Waals surface area contributed by atoms with E-state index in [2.05, 4.69) is 0 Å². The van der Waals surface area contributed by atoms with Gasteiger partial charge < -0.3 is 9.47 Å². The first kappa shape index (κ1) is 22.3. The van der Waals surface area contributed by atoms with Crippen LogP contribution in [-0.4, -0.2) is 45.0 Å². The molecule has 0 unspecified atom stereocenters. The molecule has 2 aromatic carbocycles. The van der Waals surface area contributed by atoms with E-state index >= 15 is 0 Å². The van der Waals surface area contributed by atoms with Crippen molar-refractivity contribution in [1.82, 2.24) is 4.31 Å². The fourth-order valence-electron chi connectivity index (χ4n) is 3.08. The highest BCUT2D eigenvalue weighted by Crippen LogP contribution is 2.32. The highest BCUT2D eigenvalue weighted by molar-refractivity contribution is 7.89. The second-order valence-corrected chi connectivity index (χ2v) is 8.63. The standard InChI is InChI=1S/C20H20F3NO5S/c1-14-6-7-15(12-18(14)30(26,27)24-8-10-28-11-9-24)19(25)29-13-16-4-2-3-5-17(16)20(21,22)23/h2-7,12H,8-11,13H2,1H3. The topological polar surface area (TPSA) is 72.9 Å². The summed E-state index contributed by atoms with van der Waals surface area (Å²) in [5, 5.41) is 0. The molecule has 2 aromatic rings. The van der Waals surface area contributed by atoms with Gasteiger partial charge in [-0.05, 0) is 30.7 Å². The van der Waals surface area contributed by atoms with E-state index in [9.17, 15) is 26.4 Å². The Balaban J connectivity index is 1.81. The molecule has 10 heteroatoms. The second-order valence-electron chi connectivity index (χ2n) is 6.73. The summed E-state index contributed by atoms with van der Waals surface area (Å²) in [5.41, 5.74) is -0.693. The molecule has 1 heterocycles. The molecule has 162 valence electrons. The van der Waals surface area contributed by atoms with Crippen LogP contribution in [0.5, 0.6) is 0 Å². The van der Waals surface area contributed by atoms with Crippen LogP contribution in [0.1, 0.15) is 27.0 Å². The Morgan fingerprint density at radius 2 is 1.80 bits per heavy atom. The summed E-state index contributed by atoms with van der Waals surface area (Å²) >= 11 is 0. The van der Waals surface area contributed by atoms with Gasteiger partial charge in [0.25, 0.3) is 0 Å². The molecule has 0 saturated carbocycles. The number of aryl methyl sites for hydroxylation is 1. The van der Waals surface area contributed by atoms with Gasteiger partial charge in [0.15, 0.2) is 0 Å². The first-order valence-electron chi connectivity index (χ1n) is 9.11. The monoisotopic (exact) mass is 443 g/mol. The van der Waals surface area contributed by atoms with Gasteiger partial charge in [0.1, 0.15) is 6.61 Å². The quantitative estimate of drug-likeness (QED) is 0.663. The first-order chi connectivity index (χ1) is 14.1. The number of carbonyl (C=O) groups is 1. The van der Waals surface area contributed by atoms with Gasteiger partial charge in [-0.1, -0.05) is 24.3 Å². The Bertz CT molecular complexity index is 1030. The molecule has 0 aromatic heterocycles. The largest absolute Gasteiger partial charge is 0.457 e. The number of rotatable bonds is 5. The molecule has 1 fully saturated rings. The van der Waals surface area contributed by atoms with Crippen LogP contribution in [0.4, 0.5) is 13.2 Å². The predicted molar refractivity (Wildman–Crippen MR) is 101 cm³/mol. The number of nitrogens with zero attached hydrogens (tertiary/aromatic N) is 1. The van der Waals surface area contributed by atoms with Crippen molar-refractivity contribution in [1.29, 1.82) is 0 Å². The number of sulfonamides is 1. The van der Waals surface area contributed by atoms with E-state index in [1.807, 2.05) is 0 Å². The highest BCUT2D eigenvalue weighted by atomic mass is 32.2. The van der Waals surface area contributed by atoms with Gasteiger partial charge in [-0.15, -0.1) is 0 Å². The van der Waals surface area contributed by atoms with Crippen molar-refractivity contribution < 1.29 is 35.9 Å². The van der Waals surface area contributed by atoms with E-state index in [-0.39, 0.29) is 42.3 Å². The van der Waals surface area contributed by atoms with Crippen LogP contribution in [0, 0.1) is 6.92 Å². The van der Waals surface area contributed by atoms with Crippen LogP contribution in [0.25, 0.3) is 0 Å². The minimum atomic E-state index is -4.58. The van der Waals surface area contributed by atoms with E-state index in [0.29, 0.717) is 5.56 Å². The summed E-state index contributed by atoms with van der Waals surface area (Å²) in [6.45, 7) is 1.96. The van der Waals surface area contributed by atoms with Crippen LogP contribution in [0.15, 0.2) is 47.4 Å². The Morgan fingerprint density at radius 3 is 2.47 bits per heavy atom.